The first kappa shape index (κ1) is 16.4. The summed E-state index contributed by atoms with van der Waals surface area (Å²) in [5.41, 5.74) is 1.12. The van der Waals surface area contributed by atoms with E-state index < -0.39 is 12.0 Å². The monoisotopic (exact) mass is 348 g/mol. The lowest BCUT2D eigenvalue weighted by molar-refractivity contribution is -0.147. The molecule has 24 heavy (non-hydrogen) atoms. The number of morpholine rings is 1. The van der Waals surface area contributed by atoms with Crippen molar-refractivity contribution in [1.82, 2.24) is 9.88 Å². The zero-order valence-electron chi connectivity index (χ0n) is 13.0. The number of rotatable bonds is 4. The van der Waals surface area contributed by atoms with Gasteiger partial charge in [0.1, 0.15) is 16.5 Å². The van der Waals surface area contributed by atoms with Crippen LogP contribution in [-0.2, 0) is 9.53 Å². The quantitative estimate of drug-likeness (QED) is 0.905. The number of hydrogen-bond donors (Lipinski definition) is 1. The molecule has 1 N–H and O–H groups in total. The second kappa shape index (κ2) is 6.98. The maximum absolute atomic E-state index is 12.6. The molecule has 0 saturated carbocycles. The van der Waals surface area contributed by atoms with E-state index in [-0.39, 0.29) is 24.8 Å². The van der Waals surface area contributed by atoms with Gasteiger partial charge in [-0.3, -0.25) is 4.79 Å². The van der Waals surface area contributed by atoms with Crippen LogP contribution in [0.1, 0.15) is 10.5 Å². The van der Waals surface area contributed by atoms with Crippen LogP contribution in [0.15, 0.2) is 29.6 Å². The van der Waals surface area contributed by atoms with Crippen molar-refractivity contribution >= 4 is 23.2 Å². The van der Waals surface area contributed by atoms with E-state index in [2.05, 4.69) is 4.98 Å². The minimum absolute atomic E-state index is 0.00343. The molecule has 1 amide bonds. The van der Waals surface area contributed by atoms with Crippen LogP contribution in [0.5, 0.6) is 5.75 Å². The molecule has 2 aromatic rings. The van der Waals surface area contributed by atoms with E-state index in [0.29, 0.717) is 11.6 Å². The van der Waals surface area contributed by atoms with Crippen molar-refractivity contribution in [2.24, 2.45) is 0 Å². The Hall–Kier alpha value is -2.45. The molecule has 2 heterocycles. The number of carbonyl (C=O) groups excluding carboxylic acids is 1. The maximum Gasteiger partial charge on any atom is 0.328 e. The van der Waals surface area contributed by atoms with Crippen molar-refractivity contribution in [2.45, 2.75) is 6.04 Å². The normalized spacial score (nSPS) is 17.5. The molecule has 1 aliphatic heterocycles. The number of amides is 1. The number of hydrogen-bond acceptors (Lipinski definition) is 6. The average Bonchev–Trinajstić information content (AvgIpc) is 3.11. The molecule has 0 aliphatic carbocycles. The van der Waals surface area contributed by atoms with Gasteiger partial charge < -0.3 is 19.5 Å². The first-order valence-corrected chi connectivity index (χ1v) is 8.19. The fourth-order valence-electron chi connectivity index (χ4n) is 2.44. The highest BCUT2D eigenvalue weighted by Gasteiger charge is 2.34. The predicted octanol–water partition coefficient (Wildman–Crippen LogP) is 1.74. The maximum atomic E-state index is 12.6. The van der Waals surface area contributed by atoms with E-state index in [4.69, 9.17) is 9.47 Å². The van der Waals surface area contributed by atoms with Crippen molar-refractivity contribution in [2.75, 3.05) is 26.9 Å². The van der Waals surface area contributed by atoms with Gasteiger partial charge in [-0.15, -0.1) is 11.3 Å². The van der Waals surface area contributed by atoms with Crippen LogP contribution in [0.25, 0.3) is 10.6 Å². The smallest absolute Gasteiger partial charge is 0.328 e. The van der Waals surface area contributed by atoms with Crippen molar-refractivity contribution in [1.29, 1.82) is 0 Å². The first-order chi connectivity index (χ1) is 11.6. The van der Waals surface area contributed by atoms with Gasteiger partial charge in [0.05, 0.1) is 20.3 Å². The van der Waals surface area contributed by atoms with Gasteiger partial charge in [0.2, 0.25) is 0 Å². The molecule has 1 aromatic carbocycles. The number of aliphatic carboxylic acids is 1. The van der Waals surface area contributed by atoms with Crippen LogP contribution in [0, 0.1) is 0 Å². The predicted molar refractivity (Wildman–Crippen MR) is 87.4 cm³/mol. The molecule has 0 spiro atoms. The lowest BCUT2D eigenvalue weighted by Crippen LogP contribution is -2.52. The number of aromatic nitrogens is 1. The highest BCUT2D eigenvalue weighted by molar-refractivity contribution is 7.13. The Labute approximate surface area is 142 Å². The van der Waals surface area contributed by atoms with Gasteiger partial charge >= 0.3 is 5.97 Å². The van der Waals surface area contributed by atoms with E-state index in [9.17, 15) is 14.7 Å². The molecular weight excluding hydrogens is 332 g/mol. The van der Waals surface area contributed by atoms with Gasteiger partial charge in [-0.05, 0) is 24.3 Å². The molecule has 3 rings (SSSR count). The lowest BCUT2D eigenvalue weighted by Gasteiger charge is -2.32. The highest BCUT2D eigenvalue weighted by Crippen LogP contribution is 2.26. The van der Waals surface area contributed by atoms with E-state index >= 15 is 0 Å². The number of carboxylic acid groups (broad SMARTS) is 1. The molecule has 8 heteroatoms. The van der Waals surface area contributed by atoms with Gasteiger partial charge in [-0.1, -0.05) is 0 Å². The summed E-state index contributed by atoms with van der Waals surface area (Å²) in [5.74, 6) is -0.723. The number of thiazole rings is 1. The number of nitrogens with zero attached hydrogens (tertiary/aromatic N) is 2. The number of benzene rings is 1. The third kappa shape index (κ3) is 3.24. The Balaban J connectivity index is 1.81. The molecule has 0 bridgehead atoms. The lowest BCUT2D eigenvalue weighted by atomic mass is 10.2. The molecule has 1 saturated heterocycles. The number of carbonyl (C=O) groups is 2. The van der Waals surface area contributed by atoms with Crippen LogP contribution in [0.4, 0.5) is 0 Å². The SMILES string of the molecule is COc1ccc(-c2nc(C(=O)N3CCOCC3C(=O)O)cs2)cc1. The van der Waals surface area contributed by atoms with E-state index in [1.54, 1.807) is 12.5 Å². The van der Waals surface area contributed by atoms with E-state index in [0.717, 1.165) is 11.3 Å². The van der Waals surface area contributed by atoms with Crippen molar-refractivity contribution in [3.8, 4) is 16.3 Å². The highest BCUT2D eigenvalue weighted by atomic mass is 32.1. The minimum atomic E-state index is -1.08. The summed E-state index contributed by atoms with van der Waals surface area (Å²) in [7, 11) is 1.59. The van der Waals surface area contributed by atoms with Crippen LogP contribution in [0.3, 0.4) is 0 Å². The Morgan fingerprint density at radius 2 is 2.12 bits per heavy atom. The summed E-state index contributed by atoms with van der Waals surface area (Å²) in [6, 6.07) is 6.39. The first-order valence-electron chi connectivity index (χ1n) is 7.31. The second-order valence-electron chi connectivity index (χ2n) is 5.19. The van der Waals surface area contributed by atoms with Gasteiger partial charge in [-0.2, -0.15) is 0 Å². The molecule has 1 aromatic heterocycles. The summed E-state index contributed by atoms with van der Waals surface area (Å²) >= 11 is 1.34. The van der Waals surface area contributed by atoms with Crippen molar-refractivity contribution in [3.63, 3.8) is 0 Å². The van der Waals surface area contributed by atoms with Crippen molar-refractivity contribution in [3.05, 3.63) is 35.3 Å². The summed E-state index contributed by atoms with van der Waals surface area (Å²) in [6.07, 6.45) is 0. The van der Waals surface area contributed by atoms with Crippen LogP contribution in [-0.4, -0.2) is 59.8 Å². The molecular formula is C16H16N2O5S. The standard InChI is InChI=1S/C16H16N2O5S/c1-22-11-4-2-10(3-5-11)14-17-12(9-24-14)15(19)18-6-7-23-8-13(18)16(20)21/h2-5,9,13H,6-8H2,1H3,(H,20,21). The fourth-order valence-corrected chi connectivity index (χ4v) is 3.24. The minimum Gasteiger partial charge on any atom is -0.497 e. The zero-order chi connectivity index (χ0) is 17.1. The topological polar surface area (TPSA) is 89.0 Å². The molecule has 0 radical (unpaired) electrons. The van der Waals surface area contributed by atoms with Gasteiger partial charge in [0.25, 0.3) is 5.91 Å². The molecule has 7 nitrogen and oxygen atoms in total. The Bertz CT molecular complexity index is 743. The van der Waals surface area contributed by atoms with Gasteiger partial charge in [0.15, 0.2) is 6.04 Å². The zero-order valence-corrected chi connectivity index (χ0v) is 13.8. The van der Waals surface area contributed by atoms with E-state index in [1.165, 1.54) is 16.2 Å². The van der Waals surface area contributed by atoms with Gasteiger partial charge in [-0.25, -0.2) is 9.78 Å². The Morgan fingerprint density at radius 1 is 1.38 bits per heavy atom. The molecule has 1 unspecified atom stereocenters. The van der Waals surface area contributed by atoms with Crippen LogP contribution < -0.4 is 4.74 Å². The van der Waals surface area contributed by atoms with Crippen LogP contribution >= 0.6 is 11.3 Å². The third-order valence-corrected chi connectivity index (χ3v) is 4.63. The average molecular weight is 348 g/mol. The number of methoxy groups -OCH3 is 1. The molecule has 1 fully saturated rings. The van der Waals surface area contributed by atoms with E-state index in [1.807, 2.05) is 24.3 Å². The summed E-state index contributed by atoms with van der Waals surface area (Å²) < 4.78 is 10.3. The molecule has 126 valence electrons. The van der Waals surface area contributed by atoms with Crippen molar-refractivity contribution < 1.29 is 24.2 Å². The molecule has 1 atom stereocenters. The second-order valence-corrected chi connectivity index (χ2v) is 6.05. The number of ether oxygens (including phenoxy) is 2. The summed E-state index contributed by atoms with van der Waals surface area (Å²) in [6.45, 7) is 0.562. The molecule has 1 aliphatic rings. The van der Waals surface area contributed by atoms with Gasteiger partial charge in [0, 0.05) is 17.5 Å². The number of carboxylic acids is 1. The summed E-state index contributed by atoms with van der Waals surface area (Å²) in [4.78, 5) is 29.5. The fraction of sp³-hybridized carbons (Fsp3) is 0.312. The van der Waals surface area contributed by atoms with Crippen LogP contribution in [0.2, 0.25) is 0 Å². The largest absolute Gasteiger partial charge is 0.497 e. The Morgan fingerprint density at radius 3 is 2.79 bits per heavy atom. The third-order valence-electron chi connectivity index (χ3n) is 3.73. The summed E-state index contributed by atoms with van der Waals surface area (Å²) in [5, 5.41) is 11.6. The Kier molecular flexibility index (Phi) is 4.77.